The molecule has 0 saturated carbocycles. The number of rotatable bonds is 4. The summed E-state index contributed by atoms with van der Waals surface area (Å²) in [5.74, 6) is -0.0516. The van der Waals surface area contributed by atoms with Crippen LogP contribution in [0.15, 0.2) is 24.3 Å². The first-order chi connectivity index (χ1) is 10.0. The lowest BCUT2D eigenvalue weighted by molar-refractivity contribution is -0.130. The van der Waals surface area contributed by atoms with Gasteiger partial charge in [-0.25, -0.2) is 0 Å². The summed E-state index contributed by atoms with van der Waals surface area (Å²) in [6.07, 6.45) is 1.29. The Hall–Kier alpha value is -1.88. The van der Waals surface area contributed by atoms with Crippen molar-refractivity contribution in [1.82, 2.24) is 10.2 Å². The summed E-state index contributed by atoms with van der Waals surface area (Å²) in [5.41, 5.74) is 7.93. The zero-order valence-electron chi connectivity index (χ0n) is 12.6. The molecule has 114 valence electrons. The summed E-state index contributed by atoms with van der Waals surface area (Å²) >= 11 is 0. The molecule has 21 heavy (non-hydrogen) atoms. The van der Waals surface area contributed by atoms with Crippen molar-refractivity contribution in [3.63, 3.8) is 0 Å². The van der Waals surface area contributed by atoms with E-state index >= 15 is 0 Å². The fourth-order valence-electron chi connectivity index (χ4n) is 2.54. The molecule has 5 nitrogen and oxygen atoms in total. The van der Waals surface area contributed by atoms with E-state index in [9.17, 15) is 9.59 Å². The Kier molecular flexibility index (Phi) is 4.96. The highest BCUT2D eigenvalue weighted by atomic mass is 16.2. The normalized spacial score (nSPS) is 19.4. The average Bonchev–Trinajstić information content (AvgIpc) is 2.95. The number of hydrogen-bond acceptors (Lipinski definition) is 3. The number of aryl methyl sites for hydroxylation is 1. The Morgan fingerprint density at radius 2 is 2.05 bits per heavy atom. The molecule has 1 heterocycles. The minimum Gasteiger partial charge on any atom is -0.350 e. The monoisotopic (exact) mass is 289 g/mol. The van der Waals surface area contributed by atoms with E-state index in [2.05, 4.69) is 5.32 Å². The van der Waals surface area contributed by atoms with Crippen molar-refractivity contribution in [3.8, 4) is 0 Å². The summed E-state index contributed by atoms with van der Waals surface area (Å²) < 4.78 is 0. The minimum absolute atomic E-state index is 0.00417. The van der Waals surface area contributed by atoms with Crippen molar-refractivity contribution in [2.24, 2.45) is 5.73 Å². The second-order valence-electron chi connectivity index (χ2n) is 5.58. The SMILES string of the molecule is CCC(=O)N1CCC(NC(=O)C(N)c2ccc(C)cc2)C1. The van der Waals surface area contributed by atoms with E-state index in [0.29, 0.717) is 19.5 Å². The maximum atomic E-state index is 12.2. The molecular formula is C16H23N3O2. The standard InChI is InChI=1S/C16H23N3O2/c1-3-14(20)19-9-8-13(10-19)18-16(21)15(17)12-6-4-11(2)5-7-12/h4-7,13,15H,3,8-10,17H2,1-2H3,(H,18,21). The van der Waals surface area contributed by atoms with Crippen molar-refractivity contribution in [1.29, 1.82) is 0 Å². The summed E-state index contributed by atoms with van der Waals surface area (Å²) in [7, 11) is 0. The molecule has 1 saturated heterocycles. The maximum absolute atomic E-state index is 12.2. The second kappa shape index (κ2) is 6.72. The number of amides is 2. The Bertz CT molecular complexity index is 513. The predicted octanol–water partition coefficient (Wildman–Crippen LogP) is 1.12. The van der Waals surface area contributed by atoms with Crippen molar-refractivity contribution >= 4 is 11.8 Å². The summed E-state index contributed by atoms with van der Waals surface area (Å²) in [6.45, 7) is 5.13. The van der Waals surface area contributed by atoms with Gasteiger partial charge in [-0.3, -0.25) is 9.59 Å². The average molecular weight is 289 g/mol. The van der Waals surface area contributed by atoms with Crippen molar-refractivity contribution < 1.29 is 9.59 Å². The number of likely N-dealkylation sites (tertiary alicyclic amines) is 1. The minimum atomic E-state index is -0.665. The van der Waals surface area contributed by atoms with Gasteiger partial charge in [-0.05, 0) is 18.9 Å². The lowest BCUT2D eigenvalue weighted by Crippen LogP contribution is -2.42. The fraction of sp³-hybridized carbons (Fsp3) is 0.500. The first-order valence-electron chi connectivity index (χ1n) is 7.41. The van der Waals surface area contributed by atoms with Crippen molar-refractivity contribution in [2.45, 2.75) is 38.8 Å². The third-order valence-electron chi connectivity index (χ3n) is 3.91. The second-order valence-corrected chi connectivity index (χ2v) is 5.58. The van der Waals surface area contributed by atoms with Gasteiger partial charge in [0.25, 0.3) is 0 Å². The number of nitrogens with two attached hydrogens (primary N) is 1. The van der Waals surface area contributed by atoms with Crippen LogP contribution in [0.4, 0.5) is 0 Å². The molecule has 1 aromatic carbocycles. The van der Waals surface area contributed by atoms with Gasteiger partial charge in [0, 0.05) is 25.6 Å². The molecule has 3 N–H and O–H groups in total. The molecule has 0 spiro atoms. The van der Waals surface area contributed by atoms with Gasteiger partial charge >= 0.3 is 0 Å². The Morgan fingerprint density at radius 1 is 1.38 bits per heavy atom. The maximum Gasteiger partial charge on any atom is 0.241 e. The highest BCUT2D eigenvalue weighted by Gasteiger charge is 2.28. The molecular weight excluding hydrogens is 266 g/mol. The molecule has 0 aromatic heterocycles. The van der Waals surface area contributed by atoms with Gasteiger partial charge in [0.15, 0.2) is 0 Å². The van der Waals surface area contributed by atoms with Gasteiger partial charge in [-0.2, -0.15) is 0 Å². The van der Waals surface area contributed by atoms with Crippen LogP contribution >= 0.6 is 0 Å². The summed E-state index contributed by atoms with van der Waals surface area (Å²) in [4.78, 5) is 25.6. The number of nitrogens with one attached hydrogen (secondary N) is 1. The van der Waals surface area contributed by atoms with Gasteiger partial charge in [0.1, 0.15) is 6.04 Å². The van der Waals surface area contributed by atoms with Crippen LogP contribution in [0.2, 0.25) is 0 Å². The lowest BCUT2D eigenvalue weighted by atomic mass is 10.0. The predicted molar refractivity (Wildman–Crippen MR) is 81.5 cm³/mol. The topological polar surface area (TPSA) is 75.4 Å². The first kappa shape index (κ1) is 15.5. The van der Waals surface area contributed by atoms with Crippen LogP contribution in [0, 0.1) is 6.92 Å². The first-order valence-corrected chi connectivity index (χ1v) is 7.41. The third kappa shape index (κ3) is 3.82. The van der Waals surface area contributed by atoms with E-state index in [0.717, 1.165) is 17.5 Å². The van der Waals surface area contributed by atoms with Gasteiger partial charge < -0.3 is 16.0 Å². The van der Waals surface area contributed by atoms with Crippen LogP contribution in [0.25, 0.3) is 0 Å². The smallest absolute Gasteiger partial charge is 0.241 e. The van der Waals surface area contributed by atoms with E-state index in [4.69, 9.17) is 5.73 Å². The van der Waals surface area contributed by atoms with Crippen molar-refractivity contribution in [3.05, 3.63) is 35.4 Å². The lowest BCUT2D eigenvalue weighted by Gasteiger charge is -2.18. The molecule has 2 unspecified atom stereocenters. The van der Waals surface area contributed by atoms with Crippen LogP contribution in [-0.4, -0.2) is 35.8 Å². The molecule has 0 radical (unpaired) electrons. The molecule has 2 rings (SSSR count). The van der Waals surface area contributed by atoms with Crippen LogP contribution < -0.4 is 11.1 Å². The molecule has 5 heteroatoms. The van der Waals surface area contributed by atoms with Gasteiger partial charge in [-0.1, -0.05) is 36.8 Å². The third-order valence-corrected chi connectivity index (χ3v) is 3.91. The Balaban J connectivity index is 1.90. The quantitative estimate of drug-likeness (QED) is 0.872. The van der Waals surface area contributed by atoms with Crippen molar-refractivity contribution in [2.75, 3.05) is 13.1 Å². The number of carbonyl (C=O) groups is 2. The van der Waals surface area contributed by atoms with Gasteiger partial charge in [-0.15, -0.1) is 0 Å². The molecule has 0 bridgehead atoms. The largest absolute Gasteiger partial charge is 0.350 e. The molecule has 0 aliphatic carbocycles. The highest BCUT2D eigenvalue weighted by molar-refractivity contribution is 5.83. The van der Waals surface area contributed by atoms with E-state index in [-0.39, 0.29) is 17.9 Å². The van der Waals surface area contributed by atoms with Gasteiger partial charge in [0.2, 0.25) is 11.8 Å². The Labute approximate surface area is 125 Å². The number of nitrogens with zero attached hydrogens (tertiary/aromatic N) is 1. The number of hydrogen-bond donors (Lipinski definition) is 2. The number of benzene rings is 1. The van der Waals surface area contributed by atoms with E-state index in [1.165, 1.54) is 0 Å². The molecule has 1 aliphatic heterocycles. The zero-order chi connectivity index (χ0) is 15.4. The molecule has 1 fully saturated rings. The molecule has 2 amide bonds. The fourth-order valence-corrected chi connectivity index (χ4v) is 2.54. The van der Waals surface area contributed by atoms with Crippen LogP contribution in [0.5, 0.6) is 0 Å². The molecule has 1 aliphatic rings. The van der Waals surface area contributed by atoms with Crippen LogP contribution in [0.3, 0.4) is 0 Å². The van der Waals surface area contributed by atoms with Crippen LogP contribution in [0.1, 0.15) is 36.9 Å². The van der Waals surface area contributed by atoms with E-state index in [1.54, 1.807) is 4.90 Å². The number of carbonyl (C=O) groups excluding carboxylic acids is 2. The summed E-state index contributed by atoms with van der Waals surface area (Å²) in [6, 6.07) is 6.98. The highest BCUT2D eigenvalue weighted by Crippen LogP contribution is 2.14. The van der Waals surface area contributed by atoms with E-state index < -0.39 is 6.04 Å². The Morgan fingerprint density at radius 3 is 2.67 bits per heavy atom. The molecule has 1 aromatic rings. The zero-order valence-corrected chi connectivity index (χ0v) is 12.6. The van der Waals surface area contributed by atoms with E-state index in [1.807, 2.05) is 38.1 Å². The molecule has 2 atom stereocenters. The van der Waals surface area contributed by atoms with Crippen LogP contribution in [-0.2, 0) is 9.59 Å². The summed E-state index contributed by atoms with van der Waals surface area (Å²) in [5, 5.41) is 2.94. The van der Waals surface area contributed by atoms with Gasteiger partial charge in [0.05, 0.1) is 0 Å².